The third kappa shape index (κ3) is 2.53. The Kier molecular flexibility index (Phi) is 3.67. The highest BCUT2D eigenvalue weighted by molar-refractivity contribution is 5.40. The highest BCUT2D eigenvalue weighted by atomic mass is 16.5. The smallest absolute Gasteiger partial charge is 0.223 e. The van der Waals surface area contributed by atoms with E-state index in [4.69, 9.17) is 15.6 Å². The van der Waals surface area contributed by atoms with Gasteiger partial charge in [0.15, 0.2) is 0 Å². The monoisotopic (exact) mass is 270 g/mol. The second-order valence-corrected chi connectivity index (χ2v) is 5.02. The number of aryl methyl sites for hydroxylation is 2. The zero-order chi connectivity index (χ0) is 13.9. The lowest BCUT2D eigenvalue weighted by atomic mass is 10.1. The number of benzene rings is 1. The van der Waals surface area contributed by atoms with E-state index in [9.17, 15) is 0 Å². The van der Waals surface area contributed by atoms with Crippen molar-refractivity contribution in [1.82, 2.24) is 4.98 Å². The van der Waals surface area contributed by atoms with Crippen molar-refractivity contribution in [1.29, 1.82) is 0 Å². The van der Waals surface area contributed by atoms with Crippen molar-refractivity contribution in [2.24, 2.45) is 5.73 Å². The van der Waals surface area contributed by atoms with Gasteiger partial charge in [0.1, 0.15) is 5.75 Å². The largest absolute Gasteiger partial charge is 0.439 e. The van der Waals surface area contributed by atoms with Crippen molar-refractivity contribution >= 4 is 0 Å². The van der Waals surface area contributed by atoms with Crippen molar-refractivity contribution in [3.63, 3.8) is 0 Å². The molecular weight excluding hydrogens is 252 g/mol. The summed E-state index contributed by atoms with van der Waals surface area (Å²) in [6.45, 7) is 0.411. The summed E-state index contributed by atoms with van der Waals surface area (Å²) in [5.74, 6) is 1.26. The van der Waals surface area contributed by atoms with E-state index in [2.05, 4.69) is 11.1 Å². The number of ether oxygens (including phenoxy) is 1. The molecule has 1 aliphatic rings. The normalized spacial score (nSPS) is 13.3. The van der Waals surface area contributed by atoms with E-state index in [0.29, 0.717) is 18.2 Å². The first-order chi connectivity index (χ1) is 9.80. The third-order valence-electron chi connectivity index (χ3n) is 3.61. The van der Waals surface area contributed by atoms with Gasteiger partial charge in [-0.05, 0) is 48.6 Å². The SMILES string of the molecule is NCc1cc2c(nc1Oc1cccc(CO)c1)CCC2. The van der Waals surface area contributed by atoms with Gasteiger partial charge < -0.3 is 15.6 Å². The molecule has 0 bridgehead atoms. The van der Waals surface area contributed by atoms with Gasteiger partial charge in [-0.2, -0.15) is 0 Å². The van der Waals surface area contributed by atoms with Gasteiger partial charge in [-0.25, -0.2) is 4.98 Å². The van der Waals surface area contributed by atoms with Crippen LogP contribution < -0.4 is 10.5 Å². The Morgan fingerprint density at radius 2 is 2.15 bits per heavy atom. The van der Waals surface area contributed by atoms with Gasteiger partial charge in [-0.3, -0.25) is 0 Å². The van der Waals surface area contributed by atoms with Gasteiger partial charge in [0.25, 0.3) is 0 Å². The molecule has 104 valence electrons. The molecular formula is C16H18N2O2. The molecule has 20 heavy (non-hydrogen) atoms. The van der Waals surface area contributed by atoms with Crippen molar-refractivity contribution in [3.05, 3.63) is 52.7 Å². The standard InChI is InChI=1S/C16H18N2O2/c17-9-13-8-12-4-2-6-15(12)18-16(13)20-14-5-1-3-11(7-14)10-19/h1,3,5,7-8,19H,2,4,6,9-10,17H2. The Hall–Kier alpha value is -1.91. The van der Waals surface area contributed by atoms with Gasteiger partial charge in [0.2, 0.25) is 5.88 Å². The molecule has 0 fully saturated rings. The molecule has 4 nitrogen and oxygen atoms in total. The number of aromatic nitrogens is 1. The quantitative estimate of drug-likeness (QED) is 0.894. The predicted molar refractivity (Wildman–Crippen MR) is 76.6 cm³/mol. The number of hydrogen-bond acceptors (Lipinski definition) is 4. The minimum atomic E-state index is -0.00143. The fourth-order valence-electron chi connectivity index (χ4n) is 2.55. The van der Waals surface area contributed by atoms with Crippen molar-refractivity contribution in [3.8, 4) is 11.6 Å². The Labute approximate surface area is 118 Å². The first-order valence-corrected chi connectivity index (χ1v) is 6.89. The number of pyridine rings is 1. The molecule has 2 aromatic rings. The molecule has 0 aliphatic heterocycles. The highest BCUT2D eigenvalue weighted by Gasteiger charge is 2.17. The molecule has 1 aromatic heterocycles. The Morgan fingerprint density at radius 3 is 2.95 bits per heavy atom. The van der Waals surface area contributed by atoms with Crippen molar-refractivity contribution < 1.29 is 9.84 Å². The van der Waals surface area contributed by atoms with Crippen LogP contribution in [0.2, 0.25) is 0 Å². The van der Waals surface area contributed by atoms with Crippen molar-refractivity contribution in [2.45, 2.75) is 32.4 Å². The van der Waals surface area contributed by atoms with Crippen molar-refractivity contribution in [2.75, 3.05) is 0 Å². The van der Waals surface area contributed by atoms with Gasteiger partial charge >= 0.3 is 0 Å². The molecule has 1 aromatic carbocycles. The summed E-state index contributed by atoms with van der Waals surface area (Å²) in [7, 11) is 0. The fourth-order valence-corrected chi connectivity index (χ4v) is 2.55. The summed E-state index contributed by atoms with van der Waals surface area (Å²) in [6, 6.07) is 9.49. The number of aliphatic hydroxyl groups excluding tert-OH is 1. The van der Waals surface area contributed by atoms with E-state index >= 15 is 0 Å². The number of nitrogens with zero attached hydrogens (tertiary/aromatic N) is 1. The zero-order valence-electron chi connectivity index (χ0n) is 11.3. The van der Waals surface area contributed by atoms with Crippen LogP contribution in [0.4, 0.5) is 0 Å². The zero-order valence-corrected chi connectivity index (χ0v) is 11.3. The van der Waals surface area contributed by atoms with Gasteiger partial charge in [0.05, 0.1) is 6.61 Å². The summed E-state index contributed by atoms with van der Waals surface area (Å²) >= 11 is 0. The number of rotatable bonds is 4. The maximum Gasteiger partial charge on any atom is 0.223 e. The molecule has 0 saturated carbocycles. The van der Waals surface area contributed by atoms with Crippen LogP contribution in [0.25, 0.3) is 0 Å². The van der Waals surface area contributed by atoms with Crippen LogP contribution in [-0.4, -0.2) is 10.1 Å². The lowest BCUT2D eigenvalue weighted by Crippen LogP contribution is -2.04. The molecule has 0 radical (unpaired) electrons. The van der Waals surface area contributed by atoms with Gasteiger partial charge in [-0.1, -0.05) is 12.1 Å². The first-order valence-electron chi connectivity index (χ1n) is 6.89. The van der Waals surface area contributed by atoms with Crippen LogP contribution in [0.15, 0.2) is 30.3 Å². The number of fused-ring (bicyclic) bond motifs is 1. The number of nitrogens with two attached hydrogens (primary N) is 1. The van der Waals surface area contributed by atoms with E-state index in [1.807, 2.05) is 24.3 Å². The fraction of sp³-hybridized carbons (Fsp3) is 0.312. The van der Waals surface area contributed by atoms with E-state index < -0.39 is 0 Å². The number of hydrogen-bond donors (Lipinski definition) is 2. The van der Waals surface area contributed by atoms with Crippen LogP contribution in [0, 0.1) is 0 Å². The molecule has 0 atom stereocenters. The molecule has 4 heteroatoms. The summed E-state index contributed by atoms with van der Waals surface area (Å²) in [6.07, 6.45) is 3.23. The molecule has 3 rings (SSSR count). The molecule has 0 unspecified atom stereocenters. The topological polar surface area (TPSA) is 68.4 Å². The Balaban J connectivity index is 1.93. The van der Waals surface area contributed by atoms with Crippen LogP contribution >= 0.6 is 0 Å². The molecule has 1 aliphatic carbocycles. The average molecular weight is 270 g/mol. The van der Waals surface area contributed by atoms with Crippen LogP contribution in [0.1, 0.15) is 28.8 Å². The molecule has 3 N–H and O–H groups in total. The maximum absolute atomic E-state index is 9.16. The maximum atomic E-state index is 9.16. The molecule has 0 saturated heterocycles. The van der Waals surface area contributed by atoms with Crippen LogP contribution in [-0.2, 0) is 26.0 Å². The Morgan fingerprint density at radius 1 is 1.25 bits per heavy atom. The highest BCUT2D eigenvalue weighted by Crippen LogP contribution is 2.29. The predicted octanol–water partition coefficient (Wildman–Crippen LogP) is 2.31. The Bertz CT molecular complexity index is 626. The molecule has 0 amide bonds. The first kappa shape index (κ1) is 13.1. The minimum absolute atomic E-state index is 0.00143. The molecule has 1 heterocycles. The third-order valence-corrected chi connectivity index (χ3v) is 3.61. The van der Waals surface area contributed by atoms with E-state index in [0.717, 1.165) is 36.1 Å². The summed E-state index contributed by atoms with van der Waals surface area (Å²) < 4.78 is 5.87. The second kappa shape index (κ2) is 5.61. The van der Waals surface area contributed by atoms with Gasteiger partial charge in [-0.15, -0.1) is 0 Å². The molecule has 0 spiro atoms. The lowest BCUT2D eigenvalue weighted by molar-refractivity contribution is 0.281. The summed E-state index contributed by atoms with van der Waals surface area (Å²) in [4.78, 5) is 4.61. The minimum Gasteiger partial charge on any atom is -0.439 e. The lowest BCUT2D eigenvalue weighted by Gasteiger charge is -2.12. The van der Waals surface area contributed by atoms with Gasteiger partial charge in [0, 0.05) is 17.8 Å². The van der Waals surface area contributed by atoms with Crippen LogP contribution in [0.3, 0.4) is 0 Å². The average Bonchev–Trinajstić information content (AvgIpc) is 2.93. The van der Waals surface area contributed by atoms with E-state index in [1.54, 1.807) is 0 Å². The summed E-state index contributed by atoms with van der Waals surface area (Å²) in [5.41, 5.74) is 9.96. The second-order valence-electron chi connectivity index (χ2n) is 5.02. The number of aliphatic hydroxyl groups is 1. The van der Waals surface area contributed by atoms with E-state index in [1.165, 1.54) is 5.56 Å². The van der Waals surface area contributed by atoms with Crippen LogP contribution in [0.5, 0.6) is 11.6 Å². The van der Waals surface area contributed by atoms with E-state index in [-0.39, 0.29) is 6.61 Å². The summed E-state index contributed by atoms with van der Waals surface area (Å²) in [5, 5.41) is 9.16.